The van der Waals surface area contributed by atoms with Gasteiger partial charge in [-0.1, -0.05) is 18.2 Å². The molecule has 94 valence electrons. The molecule has 2 rings (SSSR count). The number of aryl methyl sites for hydroxylation is 1. The van der Waals surface area contributed by atoms with Crippen LogP contribution in [0.2, 0.25) is 0 Å². The van der Waals surface area contributed by atoms with Crippen LogP contribution >= 0.6 is 0 Å². The van der Waals surface area contributed by atoms with E-state index in [1.54, 1.807) is 6.20 Å². The number of nitrogens with zero attached hydrogens (tertiary/aromatic N) is 1. The average Bonchev–Trinajstić information content (AvgIpc) is 2.40. The second kappa shape index (κ2) is 5.65. The Labute approximate surface area is 107 Å². The highest BCUT2D eigenvalue weighted by molar-refractivity contribution is 5.34. The lowest BCUT2D eigenvalue weighted by Gasteiger charge is -2.13. The molecule has 0 amide bonds. The molecule has 1 atom stereocenters. The van der Waals surface area contributed by atoms with Gasteiger partial charge in [-0.2, -0.15) is 0 Å². The van der Waals surface area contributed by atoms with Crippen molar-refractivity contribution in [2.75, 3.05) is 6.61 Å². The largest absolute Gasteiger partial charge is 0.494 e. The van der Waals surface area contributed by atoms with Gasteiger partial charge in [0.25, 0.3) is 0 Å². The first-order valence-corrected chi connectivity index (χ1v) is 6.04. The van der Waals surface area contributed by atoms with Crippen LogP contribution in [0.5, 0.6) is 5.75 Å². The minimum atomic E-state index is -0.693. The highest BCUT2D eigenvalue weighted by Crippen LogP contribution is 2.24. The van der Waals surface area contributed by atoms with Crippen LogP contribution in [0.1, 0.15) is 29.8 Å². The van der Waals surface area contributed by atoms with Crippen LogP contribution in [0.4, 0.5) is 0 Å². The Balaban J connectivity index is 2.23. The van der Waals surface area contributed by atoms with Crippen LogP contribution < -0.4 is 4.74 Å². The third kappa shape index (κ3) is 2.68. The van der Waals surface area contributed by atoms with Gasteiger partial charge in [0, 0.05) is 6.20 Å². The lowest BCUT2D eigenvalue weighted by Crippen LogP contribution is -2.04. The van der Waals surface area contributed by atoms with Crippen molar-refractivity contribution >= 4 is 0 Å². The van der Waals surface area contributed by atoms with Crippen molar-refractivity contribution in [1.29, 1.82) is 0 Å². The molecule has 0 radical (unpaired) electrons. The van der Waals surface area contributed by atoms with E-state index in [4.69, 9.17) is 4.74 Å². The van der Waals surface area contributed by atoms with Crippen molar-refractivity contribution in [3.8, 4) is 5.75 Å². The van der Waals surface area contributed by atoms with Gasteiger partial charge in [-0.3, -0.25) is 4.98 Å². The van der Waals surface area contributed by atoms with Crippen molar-refractivity contribution in [3.63, 3.8) is 0 Å². The van der Waals surface area contributed by atoms with Crippen LogP contribution in [0, 0.1) is 6.92 Å². The molecule has 0 bridgehead atoms. The predicted octanol–water partition coefficient (Wildman–Crippen LogP) is 2.87. The molecule has 0 saturated carbocycles. The van der Waals surface area contributed by atoms with Crippen molar-refractivity contribution in [2.24, 2.45) is 0 Å². The van der Waals surface area contributed by atoms with E-state index in [1.807, 2.05) is 50.2 Å². The van der Waals surface area contributed by atoms with E-state index in [0.717, 1.165) is 16.9 Å². The molecule has 0 aliphatic heterocycles. The second-order valence-corrected chi connectivity index (χ2v) is 4.11. The molecule has 1 unspecified atom stereocenters. The number of hydrogen-bond acceptors (Lipinski definition) is 3. The Hall–Kier alpha value is -1.87. The maximum Gasteiger partial charge on any atom is 0.121 e. The molecule has 0 fully saturated rings. The minimum Gasteiger partial charge on any atom is -0.494 e. The summed E-state index contributed by atoms with van der Waals surface area (Å²) in [5.41, 5.74) is 2.50. The van der Waals surface area contributed by atoms with Crippen molar-refractivity contribution in [2.45, 2.75) is 20.0 Å². The van der Waals surface area contributed by atoms with Crippen LogP contribution in [0.25, 0.3) is 0 Å². The molecule has 0 saturated heterocycles. The molecular weight excluding hydrogens is 226 g/mol. The molecule has 0 aliphatic carbocycles. The van der Waals surface area contributed by atoms with Crippen molar-refractivity contribution in [3.05, 3.63) is 59.4 Å². The number of aromatic nitrogens is 1. The van der Waals surface area contributed by atoms with E-state index in [2.05, 4.69) is 4.98 Å². The van der Waals surface area contributed by atoms with E-state index in [-0.39, 0.29) is 0 Å². The topological polar surface area (TPSA) is 42.4 Å². The van der Waals surface area contributed by atoms with Gasteiger partial charge in [-0.25, -0.2) is 0 Å². The van der Waals surface area contributed by atoms with Crippen LogP contribution in [0.3, 0.4) is 0 Å². The Morgan fingerprint density at radius 3 is 2.56 bits per heavy atom. The summed E-state index contributed by atoms with van der Waals surface area (Å²) in [4.78, 5) is 4.23. The Morgan fingerprint density at radius 1 is 1.22 bits per heavy atom. The van der Waals surface area contributed by atoms with Gasteiger partial charge >= 0.3 is 0 Å². The number of benzene rings is 1. The van der Waals surface area contributed by atoms with E-state index in [1.165, 1.54) is 0 Å². The van der Waals surface area contributed by atoms with Gasteiger partial charge in [-0.15, -0.1) is 0 Å². The first-order valence-electron chi connectivity index (χ1n) is 6.04. The molecule has 1 N–H and O–H groups in total. The number of rotatable bonds is 4. The molecular formula is C15H17NO2. The van der Waals surface area contributed by atoms with Crippen LogP contribution in [-0.4, -0.2) is 16.7 Å². The first-order chi connectivity index (χ1) is 8.72. The van der Waals surface area contributed by atoms with Gasteiger partial charge in [-0.05, 0) is 43.2 Å². The minimum absolute atomic E-state index is 0.640. The number of aliphatic hydroxyl groups excluding tert-OH is 1. The van der Waals surface area contributed by atoms with Gasteiger partial charge in [0.1, 0.15) is 11.9 Å². The summed E-state index contributed by atoms with van der Waals surface area (Å²) >= 11 is 0. The molecule has 18 heavy (non-hydrogen) atoms. The third-order valence-electron chi connectivity index (χ3n) is 2.82. The zero-order chi connectivity index (χ0) is 13.0. The summed E-state index contributed by atoms with van der Waals surface area (Å²) < 4.78 is 5.37. The third-order valence-corrected chi connectivity index (χ3v) is 2.82. The fourth-order valence-electron chi connectivity index (χ4n) is 1.86. The van der Waals surface area contributed by atoms with Crippen LogP contribution in [-0.2, 0) is 0 Å². The molecule has 3 heteroatoms. The maximum absolute atomic E-state index is 10.3. The summed E-state index contributed by atoms with van der Waals surface area (Å²) in [6.45, 7) is 4.53. The van der Waals surface area contributed by atoms with Crippen molar-refractivity contribution in [1.82, 2.24) is 4.98 Å². The fraction of sp³-hybridized carbons (Fsp3) is 0.267. The zero-order valence-corrected chi connectivity index (χ0v) is 10.6. The van der Waals surface area contributed by atoms with Gasteiger partial charge < -0.3 is 9.84 Å². The number of hydrogen-bond donors (Lipinski definition) is 1. The lowest BCUT2D eigenvalue weighted by molar-refractivity contribution is 0.214. The summed E-state index contributed by atoms with van der Waals surface area (Å²) in [6, 6.07) is 11.3. The lowest BCUT2D eigenvalue weighted by atomic mass is 10.0. The molecule has 3 nitrogen and oxygen atoms in total. The number of pyridine rings is 1. The molecule has 2 aromatic rings. The van der Waals surface area contributed by atoms with Gasteiger partial charge in [0.2, 0.25) is 0 Å². The fourth-order valence-corrected chi connectivity index (χ4v) is 1.86. The SMILES string of the molecule is CCOc1ccc(C(O)c2ncccc2C)cc1. The normalized spacial score (nSPS) is 12.2. The standard InChI is InChI=1S/C15H17NO2/c1-3-18-13-8-6-12(7-9-13)15(17)14-11(2)5-4-10-16-14/h4-10,15,17H,3H2,1-2H3. The highest BCUT2D eigenvalue weighted by atomic mass is 16.5. The number of ether oxygens (including phenoxy) is 1. The smallest absolute Gasteiger partial charge is 0.121 e. The quantitative estimate of drug-likeness (QED) is 0.897. The molecule has 1 aromatic heterocycles. The Morgan fingerprint density at radius 2 is 1.94 bits per heavy atom. The van der Waals surface area contributed by atoms with E-state index >= 15 is 0 Å². The van der Waals surface area contributed by atoms with Gasteiger partial charge in [0.15, 0.2) is 0 Å². The molecule has 0 spiro atoms. The first kappa shape index (κ1) is 12.6. The Kier molecular flexibility index (Phi) is 3.95. The molecule has 1 aromatic carbocycles. The predicted molar refractivity (Wildman–Crippen MR) is 70.6 cm³/mol. The van der Waals surface area contributed by atoms with Gasteiger partial charge in [0.05, 0.1) is 12.3 Å². The Bertz CT molecular complexity index is 508. The number of aliphatic hydroxyl groups is 1. The summed E-state index contributed by atoms with van der Waals surface area (Å²) in [5.74, 6) is 0.811. The highest BCUT2D eigenvalue weighted by Gasteiger charge is 2.13. The van der Waals surface area contributed by atoms with Crippen LogP contribution in [0.15, 0.2) is 42.6 Å². The maximum atomic E-state index is 10.3. The zero-order valence-electron chi connectivity index (χ0n) is 10.6. The molecule has 0 aliphatic rings. The summed E-state index contributed by atoms with van der Waals surface area (Å²) in [5, 5.41) is 10.3. The van der Waals surface area contributed by atoms with E-state index in [9.17, 15) is 5.11 Å². The average molecular weight is 243 g/mol. The van der Waals surface area contributed by atoms with E-state index < -0.39 is 6.10 Å². The second-order valence-electron chi connectivity index (χ2n) is 4.11. The summed E-state index contributed by atoms with van der Waals surface area (Å²) in [7, 11) is 0. The monoisotopic (exact) mass is 243 g/mol. The molecule has 1 heterocycles. The van der Waals surface area contributed by atoms with Crippen molar-refractivity contribution < 1.29 is 9.84 Å². The summed E-state index contributed by atoms with van der Waals surface area (Å²) in [6.07, 6.45) is 1.00. The van der Waals surface area contributed by atoms with E-state index in [0.29, 0.717) is 12.3 Å².